The summed E-state index contributed by atoms with van der Waals surface area (Å²) in [6, 6.07) is 7.79. The molecular formula is C22H29N3O4. The van der Waals surface area contributed by atoms with Gasteiger partial charge in [-0.2, -0.15) is 0 Å². The molecule has 2 fully saturated rings. The Hall–Kier alpha value is -2.38. The number of morpholine rings is 1. The van der Waals surface area contributed by atoms with Crippen molar-refractivity contribution in [2.45, 2.75) is 25.8 Å². The molecule has 0 bridgehead atoms. The number of carbonyl (C=O) groups is 1. The van der Waals surface area contributed by atoms with E-state index in [0.29, 0.717) is 38.0 Å². The minimum atomic E-state index is -0.000359. The molecule has 0 saturated carbocycles. The van der Waals surface area contributed by atoms with Crippen LogP contribution in [0.25, 0.3) is 11.4 Å². The van der Waals surface area contributed by atoms with E-state index in [1.54, 1.807) is 4.90 Å². The van der Waals surface area contributed by atoms with Crippen LogP contribution >= 0.6 is 0 Å². The first-order valence-corrected chi connectivity index (χ1v) is 10.5. The number of aryl methyl sites for hydroxylation is 1. The first-order valence-electron chi connectivity index (χ1n) is 10.5. The molecule has 4 rings (SSSR count). The molecule has 0 aliphatic carbocycles. The van der Waals surface area contributed by atoms with E-state index in [9.17, 15) is 4.79 Å². The van der Waals surface area contributed by atoms with Gasteiger partial charge in [0.1, 0.15) is 11.6 Å². The average molecular weight is 399 g/mol. The molecule has 3 heterocycles. The van der Waals surface area contributed by atoms with E-state index in [0.717, 1.165) is 44.0 Å². The summed E-state index contributed by atoms with van der Waals surface area (Å²) in [5.41, 5.74) is 1.04. The number of aromatic nitrogens is 2. The number of imidazole rings is 1. The lowest BCUT2D eigenvalue weighted by atomic mass is 9.99. The number of carbonyl (C=O) groups excluding carboxylic acids is 1. The van der Waals surface area contributed by atoms with Crippen LogP contribution in [0.15, 0.2) is 36.7 Å². The maximum absolute atomic E-state index is 12.2. The molecule has 1 aromatic carbocycles. The first-order chi connectivity index (χ1) is 14.3. The van der Waals surface area contributed by atoms with Gasteiger partial charge in [-0.1, -0.05) is 0 Å². The fraction of sp³-hybridized carbons (Fsp3) is 0.545. The Labute approximate surface area is 171 Å². The second-order valence-corrected chi connectivity index (χ2v) is 7.62. The Balaban J connectivity index is 1.31. The predicted molar refractivity (Wildman–Crippen MR) is 109 cm³/mol. The normalized spacial score (nSPS) is 19.9. The van der Waals surface area contributed by atoms with E-state index in [2.05, 4.69) is 9.55 Å². The van der Waals surface area contributed by atoms with Crippen molar-refractivity contribution in [1.82, 2.24) is 14.5 Å². The van der Waals surface area contributed by atoms with Gasteiger partial charge in [-0.3, -0.25) is 4.79 Å². The number of ether oxygens (including phenoxy) is 3. The average Bonchev–Trinajstić information content (AvgIpc) is 3.26. The van der Waals surface area contributed by atoms with E-state index in [4.69, 9.17) is 14.2 Å². The maximum atomic E-state index is 12.2. The quantitative estimate of drug-likeness (QED) is 0.716. The largest absolute Gasteiger partial charge is 0.484 e. The monoisotopic (exact) mass is 399 g/mol. The molecule has 1 aromatic heterocycles. The van der Waals surface area contributed by atoms with Gasteiger partial charge in [0.05, 0.1) is 13.2 Å². The van der Waals surface area contributed by atoms with Gasteiger partial charge < -0.3 is 23.7 Å². The summed E-state index contributed by atoms with van der Waals surface area (Å²) in [4.78, 5) is 18.5. The minimum absolute atomic E-state index is 0.000359. The summed E-state index contributed by atoms with van der Waals surface area (Å²) in [6.45, 7) is 5.24. The maximum Gasteiger partial charge on any atom is 0.260 e. The van der Waals surface area contributed by atoms with Gasteiger partial charge in [-0.15, -0.1) is 0 Å². The lowest BCUT2D eigenvalue weighted by Gasteiger charge is -2.26. The number of nitrogens with zero attached hydrogens (tertiary/aromatic N) is 3. The van der Waals surface area contributed by atoms with E-state index >= 15 is 0 Å². The molecule has 0 radical (unpaired) electrons. The molecule has 1 amide bonds. The SMILES string of the molecule is O=C(COc1ccc(-c2nccn2CCC2CCCOC2)cc1)N1CCOCC1. The van der Waals surface area contributed by atoms with Crippen LogP contribution in [0.5, 0.6) is 5.75 Å². The lowest BCUT2D eigenvalue weighted by Crippen LogP contribution is -2.42. The van der Waals surface area contributed by atoms with Crippen LogP contribution in [-0.4, -0.2) is 66.5 Å². The summed E-state index contributed by atoms with van der Waals surface area (Å²) in [7, 11) is 0. The summed E-state index contributed by atoms with van der Waals surface area (Å²) < 4.78 is 18.7. The number of rotatable bonds is 7. The third-order valence-electron chi connectivity index (χ3n) is 5.59. The van der Waals surface area contributed by atoms with Crippen molar-refractivity contribution in [3.63, 3.8) is 0 Å². The van der Waals surface area contributed by atoms with Gasteiger partial charge in [0, 0.05) is 50.8 Å². The standard InChI is InChI=1S/C22H29N3O4/c26-21(24-11-14-27-15-12-24)17-29-20-5-3-19(4-6-20)22-23-8-10-25(22)9-7-18-2-1-13-28-16-18/h3-6,8,10,18H,1-2,7,9,11-17H2. The van der Waals surface area contributed by atoms with E-state index in [-0.39, 0.29) is 12.5 Å². The van der Waals surface area contributed by atoms with Crippen LogP contribution in [0.1, 0.15) is 19.3 Å². The Kier molecular flexibility index (Phi) is 6.79. The molecule has 0 N–H and O–H groups in total. The van der Waals surface area contributed by atoms with E-state index < -0.39 is 0 Å². The van der Waals surface area contributed by atoms with Crippen LogP contribution in [0.3, 0.4) is 0 Å². The Morgan fingerprint density at radius 2 is 1.97 bits per heavy atom. The zero-order chi connectivity index (χ0) is 19.9. The molecule has 2 aliphatic heterocycles. The first kappa shape index (κ1) is 19.9. The lowest BCUT2D eigenvalue weighted by molar-refractivity contribution is -0.137. The third kappa shape index (κ3) is 5.36. The predicted octanol–water partition coefficient (Wildman–Crippen LogP) is 2.60. The topological polar surface area (TPSA) is 65.8 Å². The highest BCUT2D eigenvalue weighted by molar-refractivity contribution is 5.77. The molecule has 2 aliphatic rings. The van der Waals surface area contributed by atoms with Crippen LogP contribution in [0.4, 0.5) is 0 Å². The van der Waals surface area contributed by atoms with Gasteiger partial charge in [-0.25, -0.2) is 4.98 Å². The van der Waals surface area contributed by atoms with Crippen molar-refractivity contribution in [2.75, 3.05) is 46.1 Å². The smallest absolute Gasteiger partial charge is 0.260 e. The second kappa shape index (κ2) is 9.89. The molecule has 29 heavy (non-hydrogen) atoms. The van der Waals surface area contributed by atoms with Crippen molar-refractivity contribution in [2.24, 2.45) is 5.92 Å². The number of amides is 1. The van der Waals surface area contributed by atoms with Gasteiger partial charge in [0.25, 0.3) is 5.91 Å². The molecule has 156 valence electrons. The Morgan fingerprint density at radius 1 is 1.14 bits per heavy atom. The molecule has 2 saturated heterocycles. The van der Waals surface area contributed by atoms with Crippen LogP contribution in [0, 0.1) is 5.92 Å². The van der Waals surface area contributed by atoms with Crippen LogP contribution in [-0.2, 0) is 20.8 Å². The minimum Gasteiger partial charge on any atom is -0.484 e. The Morgan fingerprint density at radius 3 is 2.72 bits per heavy atom. The van der Waals surface area contributed by atoms with Crippen LogP contribution < -0.4 is 4.74 Å². The zero-order valence-electron chi connectivity index (χ0n) is 16.8. The molecule has 7 nitrogen and oxygen atoms in total. The van der Waals surface area contributed by atoms with Gasteiger partial charge in [0.15, 0.2) is 6.61 Å². The van der Waals surface area contributed by atoms with Gasteiger partial charge in [0.2, 0.25) is 0 Å². The summed E-state index contributed by atoms with van der Waals surface area (Å²) >= 11 is 0. The fourth-order valence-corrected chi connectivity index (χ4v) is 3.86. The van der Waals surface area contributed by atoms with Crippen molar-refractivity contribution in [3.8, 4) is 17.1 Å². The van der Waals surface area contributed by atoms with Gasteiger partial charge in [-0.05, 0) is 49.4 Å². The van der Waals surface area contributed by atoms with Crippen molar-refractivity contribution < 1.29 is 19.0 Å². The third-order valence-corrected chi connectivity index (χ3v) is 5.59. The van der Waals surface area contributed by atoms with E-state index in [1.807, 2.05) is 36.7 Å². The summed E-state index contributed by atoms with van der Waals surface area (Å²) in [6.07, 6.45) is 7.40. The summed E-state index contributed by atoms with van der Waals surface area (Å²) in [5, 5.41) is 0. The highest BCUT2D eigenvalue weighted by atomic mass is 16.5. The molecule has 1 unspecified atom stereocenters. The fourth-order valence-electron chi connectivity index (χ4n) is 3.86. The molecule has 1 atom stereocenters. The number of hydrogen-bond donors (Lipinski definition) is 0. The number of hydrogen-bond acceptors (Lipinski definition) is 5. The van der Waals surface area contributed by atoms with Crippen molar-refractivity contribution >= 4 is 5.91 Å². The molecule has 7 heteroatoms. The second-order valence-electron chi connectivity index (χ2n) is 7.62. The summed E-state index contributed by atoms with van der Waals surface area (Å²) in [5.74, 6) is 2.28. The van der Waals surface area contributed by atoms with Crippen molar-refractivity contribution in [3.05, 3.63) is 36.7 Å². The van der Waals surface area contributed by atoms with Crippen LogP contribution in [0.2, 0.25) is 0 Å². The highest BCUT2D eigenvalue weighted by Gasteiger charge is 2.17. The van der Waals surface area contributed by atoms with E-state index in [1.165, 1.54) is 6.42 Å². The molecule has 0 spiro atoms. The zero-order valence-corrected chi connectivity index (χ0v) is 16.8. The number of benzene rings is 1. The molecular weight excluding hydrogens is 370 g/mol. The van der Waals surface area contributed by atoms with Gasteiger partial charge >= 0.3 is 0 Å². The molecule has 2 aromatic rings. The van der Waals surface area contributed by atoms with Crippen molar-refractivity contribution in [1.29, 1.82) is 0 Å². The highest BCUT2D eigenvalue weighted by Crippen LogP contribution is 2.23. The Bertz CT molecular complexity index is 778.